The van der Waals surface area contributed by atoms with Gasteiger partial charge >= 0.3 is 12.1 Å². The van der Waals surface area contributed by atoms with Gasteiger partial charge in [0.05, 0.1) is 13.2 Å². The zero-order valence-electron chi connectivity index (χ0n) is 12.2. The number of carboxylic acid groups (broad SMARTS) is 1. The average Bonchev–Trinajstić information content (AvgIpc) is 3.13. The van der Waals surface area contributed by atoms with Gasteiger partial charge in [0, 0.05) is 13.2 Å². The number of fused-ring (bicyclic) bond motifs is 1. The molecule has 2 fully saturated rings. The molecule has 0 bridgehead atoms. The summed E-state index contributed by atoms with van der Waals surface area (Å²) in [5.41, 5.74) is 0. The maximum atomic E-state index is 12.7. The van der Waals surface area contributed by atoms with Gasteiger partial charge in [0.1, 0.15) is 12.1 Å². The van der Waals surface area contributed by atoms with E-state index in [1.54, 1.807) is 6.92 Å². The number of likely N-dealkylation sites (tertiary alicyclic amines) is 1. The van der Waals surface area contributed by atoms with Crippen molar-refractivity contribution >= 4 is 18.0 Å². The second-order valence-corrected chi connectivity index (χ2v) is 5.45. The van der Waals surface area contributed by atoms with Crippen molar-refractivity contribution in [3.63, 3.8) is 0 Å². The number of amides is 2. The molecule has 1 unspecified atom stereocenters. The number of carbonyl (C=O) groups is 3. The predicted molar refractivity (Wildman–Crippen MR) is 70.6 cm³/mol. The lowest BCUT2D eigenvalue weighted by Crippen LogP contribution is -2.57. The van der Waals surface area contributed by atoms with E-state index in [1.807, 2.05) is 0 Å². The third-order valence-corrected chi connectivity index (χ3v) is 4.21. The Morgan fingerprint density at radius 3 is 2.48 bits per heavy atom. The number of hydrogen-bond donors (Lipinski definition) is 2. The van der Waals surface area contributed by atoms with Crippen LogP contribution in [0.3, 0.4) is 0 Å². The number of methoxy groups -OCH3 is 2. The number of hydrogen-bond acceptors (Lipinski definition) is 5. The Labute approximate surface area is 122 Å². The number of carbonyl (C=O) groups excluding carboxylic acids is 2. The molecule has 0 aromatic rings. The van der Waals surface area contributed by atoms with Gasteiger partial charge in [-0.1, -0.05) is 0 Å². The number of nitrogens with one attached hydrogen (secondary N) is 1. The lowest BCUT2D eigenvalue weighted by Gasteiger charge is -2.31. The van der Waals surface area contributed by atoms with Gasteiger partial charge in [0.2, 0.25) is 5.91 Å². The van der Waals surface area contributed by atoms with Crippen molar-refractivity contribution in [1.29, 1.82) is 0 Å². The van der Waals surface area contributed by atoms with Crippen LogP contribution in [0, 0.1) is 5.92 Å². The van der Waals surface area contributed by atoms with Crippen LogP contribution in [0.15, 0.2) is 0 Å². The van der Waals surface area contributed by atoms with Crippen molar-refractivity contribution < 1.29 is 29.0 Å². The summed E-state index contributed by atoms with van der Waals surface area (Å²) in [6.07, 6.45) is -0.0561. The molecule has 2 rings (SSSR count). The first-order chi connectivity index (χ1) is 9.90. The summed E-state index contributed by atoms with van der Waals surface area (Å²) in [6.45, 7) is 1.63. The number of rotatable bonds is 5. The topological polar surface area (TPSA) is 105 Å². The molecule has 118 valence electrons. The van der Waals surface area contributed by atoms with Crippen LogP contribution in [0.5, 0.6) is 0 Å². The molecule has 2 amide bonds. The van der Waals surface area contributed by atoms with Crippen molar-refractivity contribution in [3.8, 4) is 0 Å². The second kappa shape index (κ2) is 5.88. The molecular formula is C13H20N2O6. The quantitative estimate of drug-likeness (QED) is 0.729. The smallest absolute Gasteiger partial charge is 0.407 e. The molecule has 8 nitrogen and oxygen atoms in total. The standard InChI is InChI=1S/C13H20N2O6/c1-6(20-2)10(14-13(19)21-3)11(16)15-8-4-7(8)5-9(15)12(17)18/h6-10H,4-5H2,1-3H3,(H,14,19)(H,17,18)/t6-,7?,8+,9-,10-/m0/s1. The summed E-state index contributed by atoms with van der Waals surface area (Å²) in [4.78, 5) is 36.7. The minimum atomic E-state index is -1.02. The van der Waals surface area contributed by atoms with E-state index in [9.17, 15) is 19.5 Å². The monoisotopic (exact) mass is 300 g/mol. The number of aliphatic carboxylic acids is 1. The van der Waals surface area contributed by atoms with Crippen LogP contribution < -0.4 is 5.32 Å². The normalized spacial score (nSPS) is 29.3. The lowest BCUT2D eigenvalue weighted by molar-refractivity contribution is -0.151. The third-order valence-electron chi connectivity index (χ3n) is 4.21. The zero-order valence-corrected chi connectivity index (χ0v) is 12.2. The van der Waals surface area contributed by atoms with E-state index >= 15 is 0 Å². The molecule has 8 heteroatoms. The highest BCUT2D eigenvalue weighted by Crippen LogP contribution is 2.48. The average molecular weight is 300 g/mol. The number of nitrogens with zero attached hydrogens (tertiary/aromatic N) is 1. The Morgan fingerprint density at radius 2 is 1.95 bits per heavy atom. The number of piperidine rings is 1. The molecule has 0 aromatic heterocycles. The largest absolute Gasteiger partial charge is 0.480 e. The summed E-state index contributed by atoms with van der Waals surface area (Å²) in [5, 5.41) is 11.7. The van der Waals surface area contributed by atoms with Crippen LogP contribution >= 0.6 is 0 Å². The van der Waals surface area contributed by atoms with E-state index in [2.05, 4.69) is 10.1 Å². The van der Waals surface area contributed by atoms with Crippen molar-refractivity contribution in [1.82, 2.24) is 10.2 Å². The van der Waals surface area contributed by atoms with E-state index in [4.69, 9.17) is 4.74 Å². The van der Waals surface area contributed by atoms with Gasteiger partial charge in [0.15, 0.2) is 0 Å². The van der Waals surface area contributed by atoms with Crippen LogP contribution in [-0.2, 0) is 19.1 Å². The fourth-order valence-corrected chi connectivity index (χ4v) is 2.86. The highest BCUT2D eigenvalue weighted by atomic mass is 16.5. The minimum Gasteiger partial charge on any atom is -0.480 e. The van der Waals surface area contributed by atoms with Crippen LogP contribution in [0.1, 0.15) is 19.8 Å². The van der Waals surface area contributed by atoms with E-state index in [0.717, 1.165) is 6.42 Å². The molecule has 1 heterocycles. The molecule has 5 atom stereocenters. The minimum absolute atomic E-state index is 0.0374. The molecule has 1 aliphatic carbocycles. The molecule has 0 aromatic carbocycles. The Balaban J connectivity index is 2.16. The maximum absolute atomic E-state index is 12.7. The van der Waals surface area contributed by atoms with Gasteiger partial charge in [-0.05, 0) is 25.7 Å². The van der Waals surface area contributed by atoms with Crippen molar-refractivity contribution in [2.75, 3.05) is 14.2 Å². The van der Waals surface area contributed by atoms with Gasteiger partial charge in [-0.15, -0.1) is 0 Å². The van der Waals surface area contributed by atoms with E-state index < -0.39 is 36.2 Å². The first-order valence-corrected chi connectivity index (χ1v) is 6.83. The van der Waals surface area contributed by atoms with Gasteiger partial charge in [-0.25, -0.2) is 9.59 Å². The maximum Gasteiger partial charge on any atom is 0.407 e. The third kappa shape index (κ3) is 2.94. The lowest BCUT2D eigenvalue weighted by atomic mass is 10.1. The molecule has 2 N–H and O–H groups in total. The molecule has 1 aliphatic heterocycles. The first kappa shape index (κ1) is 15.6. The fraction of sp³-hybridized carbons (Fsp3) is 0.769. The summed E-state index contributed by atoms with van der Waals surface area (Å²) in [5.74, 6) is -1.20. The first-order valence-electron chi connectivity index (χ1n) is 6.83. The van der Waals surface area contributed by atoms with E-state index in [1.165, 1.54) is 19.1 Å². The second-order valence-electron chi connectivity index (χ2n) is 5.45. The molecule has 1 saturated carbocycles. The Bertz CT molecular complexity index is 454. The summed E-state index contributed by atoms with van der Waals surface area (Å²) in [7, 11) is 2.61. The van der Waals surface area contributed by atoms with Crippen LogP contribution in [-0.4, -0.2) is 66.4 Å². The van der Waals surface area contributed by atoms with Gasteiger partial charge in [-0.2, -0.15) is 0 Å². The van der Waals surface area contributed by atoms with E-state index in [-0.39, 0.29) is 12.0 Å². The van der Waals surface area contributed by atoms with E-state index in [0.29, 0.717) is 6.42 Å². The molecule has 2 aliphatic rings. The van der Waals surface area contributed by atoms with Gasteiger partial charge < -0.3 is 24.8 Å². The van der Waals surface area contributed by atoms with Gasteiger partial charge in [0.25, 0.3) is 0 Å². The number of ether oxygens (including phenoxy) is 2. The molecular weight excluding hydrogens is 280 g/mol. The van der Waals surface area contributed by atoms with Gasteiger partial charge in [-0.3, -0.25) is 4.79 Å². The summed E-state index contributed by atoms with van der Waals surface area (Å²) < 4.78 is 9.62. The number of carboxylic acids is 1. The zero-order chi connectivity index (χ0) is 15.7. The predicted octanol–water partition coefficient (Wildman–Crippen LogP) is -0.180. The summed E-state index contributed by atoms with van der Waals surface area (Å²) >= 11 is 0. The molecule has 1 saturated heterocycles. The Hall–Kier alpha value is -1.83. The highest BCUT2D eigenvalue weighted by molar-refractivity contribution is 5.91. The van der Waals surface area contributed by atoms with Crippen molar-refractivity contribution in [3.05, 3.63) is 0 Å². The molecule has 0 radical (unpaired) electrons. The molecule has 21 heavy (non-hydrogen) atoms. The SMILES string of the molecule is COC(=O)N[C@H](C(=O)N1[C@@H]2CC2C[C@H]1C(=O)O)[C@H](C)OC. The Kier molecular flexibility index (Phi) is 4.36. The van der Waals surface area contributed by atoms with Crippen LogP contribution in [0.2, 0.25) is 0 Å². The summed E-state index contributed by atoms with van der Waals surface area (Å²) in [6, 6.07) is -1.83. The number of alkyl carbamates (subject to hydrolysis) is 1. The van der Waals surface area contributed by atoms with Crippen molar-refractivity contribution in [2.45, 2.75) is 44.0 Å². The van der Waals surface area contributed by atoms with Crippen LogP contribution in [0.4, 0.5) is 4.79 Å². The molecule has 0 spiro atoms. The highest BCUT2D eigenvalue weighted by Gasteiger charge is 2.57. The fourth-order valence-electron chi connectivity index (χ4n) is 2.86. The van der Waals surface area contributed by atoms with Crippen LogP contribution in [0.25, 0.3) is 0 Å². The Morgan fingerprint density at radius 1 is 1.29 bits per heavy atom. The van der Waals surface area contributed by atoms with Crippen molar-refractivity contribution in [2.24, 2.45) is 5.92 Å².